The number of benzene rings is 1. The number of carbonyl (C=O) groups excluding carboxylic acids is 1. The first-order chi connectivity index (χ1) is 15.1. The lowest BCUT2D eigenvalue weighted by Crippen LogP contribution is -2.40. The zero-order valence-corrected chi connectivity index (χ0v) is 21.8. The molecule has 6 nitrogen and oxygen atoms in total. The Morgan fingerprint density at radius 3 is 2.50 bits per heavy atom. The summed E-state index contributed by atoms with van der Waals surface area (Å²) in [5.41, 5.74) is 8.07. The second-order valence-electron chi connectivity index (χ2n) is 9.68. The normalized spacial score (nSPS) is 26.3. The molecule has 0 radical (unpaired) electrons. The number of hydrogen-bond donors (Lipinski definition) is 2. The number of aliphatic imine (C=N–C) groups is 1. The maximum atomic E-state index is 11.6. The third kappa shape index (κ3) is 6.59. The monoisotopic (exact) mass is 553 g/mol. The quantitative estimate of drug-likeness (QED) is 0.321. The summed E-state index contributed by atoms with van der Waals surface area (Å²) in [5, 5.41) is 3.52. The highest BCUT2D eigenvalue weighted by molar-refractivity contribution is 14.0. The van der Waals surface area contributed by atoms with Crippen LogP contribution in [-0.2, 0) is 17.9 Å². The molecule has 178 valence electrons. The van der Waals surface area contributed by atoms with Gasteiger partial charge in [0.15, 0.2) is 5.96 Å². The van der Waals surface area contributed by atoms with Gasteiger partial charge in [0, 0.05) is 32.7 Å². The molecule has 3 N–H and O–H groups in total. The van der Waals surface area contributed by atoms with Gasteiger partial charge in [-0.05, 0) is 62.1 Å². The van der Waals surface area contributed by atoms with Crippen LogP contribution in [0.15, 0.2) is 29.3 Å². The first kappa shape index (κ1) is 25.3. The molecule has 1 amide bonds. The van der Waals surface area contributed by atoms with Crippen LogP contribution in [0, 0.1) is 17.8 Å². The molecule has 1 aliphatic carbocycles. The third-order valence-electron chi connectivity index (χ3n) is 7.33. The van der Waals surface area contributed by atoms with E-state index in [0.717, 1.165) is 69.9 Å². The summed E-state index contributed by atoms with van der Waals surface area (Å²) in [7, 11) is 0. The van der Waals surface area contributed by atoms with Crippen molar-refractivity contribution >= 4 is 35.8 Å². The van der Waals surface area contributed by atoms with Crippen molar-refractivity contribution in [3.8, 4) is 0 Å². The Labute approximate surface area is 210 Å². The van der Waals surface area contributed by atoms with Gasteiger partial charge in [-0.1, -0.05) is 37.1 Å². The maximum absolute atomic E-state index is 11.6. The molecule has 2 aliphatic heterocycles. The molecule has 1 saturated carbocycles. The van der Waals surface area contributed by atoms with Gasteiger partial charge in [-0.25, -0.2) is 4.99 Å². The van der Waals surface area contributed by atoms with E-state index in [4.69, 9.17) is 10.7 Å². The molecule has 0 bridgehead atoms. The summed E-state index contributed by atoms with van der Waals surface area (Å²) >= 11 is 0. The molecular weight excluding hydrogens is 513 g/mol. The fraction of sp³-hybridized carbons (Fsp3) is 0.680. The number of nitrogens with zero attached hydrogens (tertiary/aromatic N) is 3. The zero-order valence-electron chi connectivity index (χ0n) is 19.5. The average molecular weight is 554 g/mol. The predicted octanol–water partition coefficient (Wildman–Crippen LogP) is 3.59. The van der Waals surface area contributed by atoms with Gasteiger partial charge in [0.1, 0.15) is 0 Å². The molecule has 3 aliphatic rings. The number of halogens is 1. The van der Waals surface area contributed by atoms with Crippen molar-refractivity contribution in [2.75, 3.05) is 32.7 Å². The Kier molecular flexibility index (Phi) is 9.64. The summed E-state index contributed by atoms with van der Waals surface area (Å²) < 4.78 is 0. The van der Waals surface area contributed by atoms with Crippen LogP contribution in [0.1, 0.15) is 56.6 Å². The fourth-order valence-electron chi connectivity index (χ4n) is 5.69. The Morgan fingerprint density at radius 1 is 1.09 bits per heavy atom. The van der Waals surface area contributed by atoms with E-state index in [0.29, 0.717) is 6.54 Å². The van der Waals surface area contributed by atoms with Crippen LogP contribution in [0.25, 0.3) is 0 Å². The van der Waals surface area contributed by atoms with Crippen LogP contribution in [0.3, 0.4) is 0 Å². The Balaban J connectivity index is 0.00000289. The number of amides is 1. The minimum Gasteiger partial charge on any atom is -0.369 e. The van der Waals surface area contributed by atoms with Crippen LogP contribution >= 0.6 is 24.0 Å². The van der Waals surface area contributed by atoms with Crippen molar-refractivity contribution in [2.24, 2.45) is 28.5 Å². The Hall–Kier alpha value is -1.35. The molecule has 3 atom stereocenters. The van der Waals surface area contributed by atoms with Crippen LogP contribution in [-0.4, -0.2) is 54.4 Å². The molecule has 4 rings (SSSR count). The lowest BCUT2D eigenvalue weighted by molar-refractivity contribution is -0.123. The number of rotatable bonds is 6. The maximum Gasteiger partial charge on any atom is 0.221 e. The van der Waals surface area contributed by atoms with Crippen LogP contribution < -0.4 is 11.1 Å². The molecule has 32 heavy (non-hydrogen) atoms. The summed E-state index contributed by atoms with van der Waals surface area (Å²) in [6.07, 6.45) is 7.53. The highest BCUT2D eigenvalue weighted by atomic mass is 127. The van der Waals surface area contributed by atoms with E-state index < -0.39 is 0 Å². The van der Waals surface area contributed by atoms with Crippen molar-refractivity contribution in [3.05, 3.63) is 35.4 Å². The summed E-state index contributed by atoms with van der Waals surface area (Å²) in [5.74, 6) is 2.62. The van der Waals surface area contributed by atoms with Crippen LogP contribution in [0.2, 0.25) is 0 Å². The van der Waals surface area contributed by atoms with E-state index >= 15 is 0 Å². The van der Waals surface area contributed by atoms with Crippen molar-refractivity contribution in [1.29, 1.82) is 0 Å². The molecule has 1 aromatic carbocycles. The zero-order chi connectivity index (χ0) is 21.6. The van der Waals surface area contributed by atoms with Gasteiger partial charge in [0.05, 0.1) is 12.5 Å². The number of piperidine rings is 1. The predicted molar refractivity (Wildman–Crippen MR) is 141 cm³/mol. The number of fused-ring (bicyclic) bond motifs is 1. The van der Waals surface area contributed by atoms with Crippen LogP contribution in [0.4, 0.5) is 0 Å². The molecule has 2 heterocycles. The number of nitrogens with two attached hydrogens (primary N) is 1. The van der Waals surface area contributed by atoms with E-state index in [9.17, 15) is 4.79 Å². The van der Waals surface area contributed by atoms with Gasteiger partial charge < -0.3 is 16.0 Å². The first-order valence-electron chi connectivity index (χ1n) is 12.2. The largest absolute Gasteiger partial charge is 0.369 e. The third-order valence-corrected chi connectivity index (χ3v) is 7.33. The van der Waals surface area contributed by atoms with Crippen LogP contribution in [0.5, 0.6) is 0 Å². The van der Waals surface area contributed by atoms with Gasteiger partial charge in [-0.15, -0.1) is 24.0 Å². The van der Waals surface area contributed by atoms with Gasteiger partial charge in [-0.2, -0.15) is 0 Å². The second-order valence-corrected chi connectivity index (χ2v) is 9.68. The highest BCUT2D eigenvalue weighted by Crippen LogP contribution is 2.36. The minimum absolute atomic E-state index is 0. The number of guanidine groups is 1. The molecule has 7 heteroatoms. The molecule has 3 fully saturated rings. The van der Waals surface area contributed by atoms with E-state index in [1.807, 2.05) is 0 Å². The average Bonchev–Trinajstić information content (AvgIpc) is 3.21. The molecule has 0 spiro atoms. The molecule has 3 unspecified atom stereocenters. The highest BCUT2D eigenvalue weighted by Gasteiger charge is 2.35. The summed E-state index contributed by atoms with van der Waals surface area (Å²) in [6.45, 7) is 8.76. The summed E-state index contributed by atoms with van der Waals surface area (Å²) in [4.78, 5) is 21.4. The molecule has 0 aromatic heterocycles. The number of primary amides is 1. The summed E-state index contributed by atoms with van der Waals surface area (Å²) in [6, 6.07) is 8.75. The first-order valence-corrected chi connectivity index (χ1v) is 12.2. The van der Waals surface area contributed by atoms with Crippen molar-refractivity contribution in [1.82, 2.24) is 15.1 Å². The van der Waals surface area contributed by atoms with Gasteiger partial charge in [-0.3, -0.25) is 9.69 Å². The van der Waals surface area contributed by atoms with E-state index in [1.54, 1.807) is 0 Å². The van der Waals surface area contributed by atoms with Gasteiger partial charge in [0.25, 0.3) is 0 Å². The van der Waals surface area contributed by atoms with Gasteiger partial charge >= 0.3 is 0 Å². The van der Waals surface area contributed by atoms with Crippen molar-refractivity contribution < 1.29 is 4.79 Å². The number of likely N-dealkylation sites (tertiary alicyclic amines) is 2. The van der Waals surface area contributed by atoms with Crippen molar-refractivity contribution in [2.45, 2.75) is 58.5 Å². The number of carbonyl (C=O) groups is 1. The lowest BCUT2D eigenvalue weighted by atomic mass is 9.82. The fourth-order valence-corrected chi connectivity index (χ4v) is 5.69. The second kappa shape index (κ2) is 12.2. The smallest absolute Gasteiger partial charge is 0.221 e. The van der Waals surface area contributed by atoms with Gasteiger partial charge in [0.2, 0.25) is 5.91 Å². The molecule has 2 saturated heterocycles. The van der Waals surface area contributed by atoms with Crippen molar-refractivity contribution in [3.63, 3.8) is 0 Å². The topological polar surface area (TPSA) is 74.0 Å². The Bertz CT molecular complexity index is 771. The van der Waals surface area contributed by atoms with E-state index in [-0.39, 0.29) is 35.8 Å². The SMILES string of the molecule is CCNC(=NCc1cccc(CN2CCCC(C(N)=O)C2)c1)N1CC2CCCCC2C1.I. The minimum atomic E-state index is -0.162. The lowest BCUT2D eigenvalue weighted by Gasteiger charge is -2.31. The van der Waals surface area contributed by atoms with E-state index in [2.05, 4.69) is 46.3 Å². The standard InChI is InChI=1S/C25H39N5O.HI/c1-2-27-25(30-17-21-9-3-4-10-22(21)18-30)28-14-19-7-5-8-20(13-19)15-29-12-6-11-23(16-29)24(26)31;/h5,7-8,13,21-23H,2-4,6,9-12,14-18H2,1H3,(H2,26,31)(H,27,28);1H. The Morgan fingerprint density at radius 2 is 1.81 bits per heavy atom. The van der Waals surface area contributed by atoms with E-state index in [1.165, 1.54) is 36.8 Å². The number of nitrogens with one attached hydrogen (secondary N) is 1. The molecular formula is C25H40IN5O. The molecule has 1 aromatic rings. The number of hydrogen-bond acceptors (Lipinski definition) is 3.